The van der Waals surface area contributed by atoms with Gasteiger partial charge in [0.05, 0.1) is 0 Å². The van der Waals surface area contributed by atoms with Crippen LogP contribution in [0, 0.1) is 0 Å². The van der Waals surface area contributed by atoms with E-state index in [-0.39, 0.29) is 5.91 Å². The van der Waals surface area contributed by atoms with Gasteiger partial charge in [0.25, 0.3) is 5.91 Å². The minimum absolute atomic E-state index is 0.0746. The summed E-state index contributed by atoms with van der Waals surface area (Å²) >= 11 is 0. The molecule has 0 saturated heterocycles. The van der Waals surface area contributed by atoms with E-state index in [2.05, 4.69) is 81.9 Å². The fraction of sp³-hybridized carbons (Fsp3) is 0.516. The number of nitrogens with one attached hydrogen (secondary N) is 4. The molecule has 0 unspecified atom stereocenters. The number of Topliss-reactive ketones (excluding diaryl/α,β-unsaturated/α-hetero) is 1. The van der Waals surface area contributed by atoms with E-state index < -0.39 is 11.7 Å². The van der Waals surface area contributed by atoms with Crippen molar-refractivity contribution in [1.29, 1.82) is 0 Å². The van der Waals surface area contributed by atoms with Gasteiger partial charge in [-0.05, 0) is 75.8 Å². The summed E-state index contributed by atoms with van der Waals surface area (Å²) in [6.45, 7) is 6.33. The molecule has 0 aliphatic heterocycles. The summed E-state index contributed by atoms with van der Waals surface area (Å²) < 4.78 is 0. The lowest BCUT2D eigenvalue weighted by molar-refractivity contribution is -0.136. The fourth-order valence-electron chi connectivity index (χ4n) is 4.34. The number of amides is 2. The van der Waals surface area contributed by atoms with Gasteiger partial charge in [0.15, 0.2) is 0 Å². The standard InChI is InChI=1S/C31H46N4O3/c1-26(36)31(38)35-23-10-4-9-18-30(37)34-24-13-22-32-20-11-12-21-33-25-19-29(27-14-5-2-6-15-27)28-16-7-3-8-17-28/h2-3,5-8,14-17,29,32-33H,4,9-13,18-25H2,1H3,(H,34,37)(H,35,38). The zero-order valence-electron chi connectivity index (χ0n) is 23.0. The molecule has 0 aliphatic carbocycles. The molecular weight excluding hydrogens is 476 g/mol. The highest BCUT2D eigenvalue weighted by Crippen LogP contribution is 2.27. The van der Waals surface area contributed by atoms with Crippen LogP contribution < -0.4 is 21.3 Å². The third kappa shape index (κ3) is 14.1. The third-order valence-electron chi connectivity index (χ3n) is 6.51. The molecule has 4 N–H and O–H groups in total. The largest absolute Gasteiger partial charge is 0.356 e. The molecule has 0 heterocycles. The number of ketones is 1. The quantitative estimate of drug-likeness (QED) is 0.147. The van der Waals surface area contributed by atoms with Gasteiger partial charge in [0.1, 0.15) is 0 Å². The Balaban J connectivity index is 1.40. The van der Waals surface area contributed by atoms with E-state index in [1.807, 2.05) is 0 Å². The van der Waals surface area contributed by atoms with Crippen molar-refractivity contribution in [1.82, 2.24) is 21.3 Å². The lowest BCUT2D eigenvalue weighted by atomic mass is 9.88. The summed E-state index contributed by atoms with van der Waals surface area (Å²) in [5.74, 6) is -0.524. The zero-order chi connectivity index (χ0) is 27.3. The van der Waals surface area contributed by atoms with Gasteiger partial charge in [-0.3, -0.25) is 14.4 Å². The van der Waals surface area contributed by atoms with Gasteiger partial charge in [-0.15, -0.1) is 0 Å². The van der Waals surface area contributed by atoms with Crippen molar-refractivity contribution in [2.24, 2.45) is 0 Å². The number of carbonyl (C=O) groups excluding carboxylic acids is 3. The van der Waals surface area contributed by atoms with E-state index in [9.17, 15) is 14.4 Å². The SMILES string of the molecule is CC(=O)C(=O)NCCCCCC(=O)NCCCNCCCCNCCC(c1ccccc1)c1ccccc1. The second-order valence-corrected chi connectivity index (χ2v) is 9.70. The van der Waals surface area contributed by atoms with Crippen LogP contribution in [-0.4, -0.2) is 56.9 Å². The van der Waals surface area contributed by atoms with Crippen molar-refractivity contribution in [3.05, 3.63) is 71.8 Å². The predicted octanol–water partition coefficient (Wildman–Crippen LogP) is 3.94. The molecule has 0 radical (unpaired) electrons. The normalized spacial score (nSPS) is 10.9. The molecule has 7 nitrogen and oxygen atoms in total. The Bertz CT molecular complexity index is 882. The predicted molar refractivity (Wildman–Crippen MR) is 154 cm³/mol. The van der Waals surface area contributed by atoms with Crippen molar-refractivity contribution in [3.63, 3.8) is 0 Å². The molecule has 2 rings (SSSR count). The molecule has 0 atom stereocenters. The smallest absolute Gasteiger partial charge is 0.287 e. The maximum Gasteiger partial charge on any atom is 0.287 e. The molecule has 2 aromatic rings. The van der Waals surface area contributed by atoms with Gasteiger partial charge < -0.3 is 21.3 Å². The molecule has 2 aromatic carbocycles. The van der Waals surface area contributed by atoms with Crippen LogP contribution in [0.3, 0.4) is 0 Å². The molecule has 2 amide bonds. The van der Waals surface area contributed by atoms with Gasteiger partial charge in [-0.1, -0.05) is 67.1 Å². The summed E-state index contributed by atoms with van der Waals surface area (Å²) in [6.07, 6.45) is 7.18. The van der Waals surface area contributed by atoms with Crippen molar-refractivity contribution >= 4 is 17.6 Å². The summed E-state index contributed by atoms with van der Waals surface area (Å²) in [6, 6.07) is 21.5. The lowest BCUT2D eigenvalue weighted by Gasteiger charge is -2.18. The average molecular weight is 523 g/mol. The van der Waals surface area contributed by atoms with E-state index >= 15 is 0 Å². The van der Waals surface area contributed by atoms with E-state index in [0.29, 0.717) is 25.4 Å². The molecule has 38 heavy (non-hydrogen) atoms. The molecule has 7 heteroatoms. The van der Waals surface area contributed by atoms with Crippen LogP contribution in [0.2, 0.25) is 0 Å². The zero-order valence-corrected chi connectivity index (χ0v) is 23.0. The van der Waals surface area contributed by atoms with Crippen LogP contribution in [0.5, 0.6) is 0 Å². The maximum atomic E-state index is 11.9. The molecule has 0 spiro atoms. The Morgan fingerprint density at radius 2 is 1.13 bits per heavy atom. The first-order valence-corrected chi connectivity index (χ1v) is 14.1. The van der Waals surface area contributed by atoms with Crippen LogP contribution >= 0.6 is 0 Å². The molecule has 0 saturated carbocycles. The lowest BCUT2D eigenvalue weighted by Crippen LogP contribution is -2.30. The number of rotatable bonds is 21. The van der Waals surface area contributed by atoms with Crippen LogP contribution in [0.1, 0.15) is 75.3 Å². The average Bonchev–Trinajstić information content (AvgIpc) is 2.94. The van der Waals surface area contributed by atoms with Crippen LogP contribution in [-0.2, 0) is 14.4 Å². The molecular formula is C31H46N4O3. The van der Waals surface area contributed by atoms with Crippen molar-refractivity contribution in [3.8, 4) is 0 Å². The Kier molecular flexibility index (Phi) is 16.4. The van der Waals surface area contributed by atoms with Crippen LogP contribution in [0.4, 0.5) is 0 Å². The van der Waals surface area contributed by atoms with Crippen LogP contribution in [0.25, 0.3) is 0 Å². The highest BCUT2D eigenvalue weighted by molar-refractivity contribution is 6.35. The molecule has 0 aliphatic rings. The Morgan fingerprint density at radius 3 is 1.74 bits per heavy atom. The minimum Gasteiger partial charge on any atom is -0.356 e. The van der Waals surface area contributed by atoms with Crippen molar-refractivity contribution in [2.75, 3.05) is 39.3 Å². The number of carbonyl (C=O) groups is 3. The second-order valence-electron chi connectivity index (χ2n) is 9.70. The fourth-order valence-corrected chi connectivity index (χ4v) is 4.34. The summed E-state index contributed by atoms with van der Waals surface area (Å²) in [7, 11) is 0. The van der Waals surface area contributed by atoms with Gasteiger partial charge in [-0.25, -0.2) is 0 Å². The van der Waals surface area contributed by atoms with E-state index in [4.69, 9.17) is 0 Å². The van der Waals surface area contributed by atoms with Gasteiger partial charge in [0.2, 0.25) is 11.7 Å². The topological polar surface area (TPSA) is 99.3 Å². The van der Waals surface area contributed by atoms with Crippen molar-refractivity contribution < 1.29 is 14.4 Å². The molecule has 0 bridgehead atoms. The summed E-state index contributed by atoms with van der Waals surface area (Å²) in [5, 5.41) is 12.6. The van der Waals surface area contributed by atoms with E-state index in [1.165, 1.54) is 18.1 Å². The Labute approximate surface area is 228 Å². The molecule has 208 valence electrons. The van der Waals surface area contributed by atoms with Crippen LogP contribution in [0.15, 0.2) is 60.7 Å². The first-order valence-electron chi connectivity index (χ1n) is 14.1. The maximum absolute atomic E-state index is 11.9. The van der Waals surface area contributed by atoms with Gasteiger partial charge >= 0.3 is 0 Å². The first-order chi connectivity index (χ1) is 18.6. The Hall–Kier alpha value is -3.03. The van der Waals surface area contributed by atoms with Crippen molar-refractivity contribution in [2.45, 2.75) is 64.2 Å². The number of hydrogen-bond acceptors (Lipinski definition) is 5. The highest BCUT2D eigenvalue weighted by Gasteiger charge is 2.13. The van der Waals surface area contributed by atoms with E-state index in [0.717, 1.165) is 71.1 Å². The summed E-state index contributed by atoms with van der Waals surface area (Å²) in [4.78, 5) is 33.8. The number of unbranched alkanes of at least 4 members (excludes halogenated alkanes) is 3. The third-order valence-corrected chi connectivity index (χ3v) is 6.51. The first kappa shape index (κ1) is 31.2. The molecule has 0 fully saturated rings. The molecule has 0 aromatic heterocycles. The second kappa shape index (κ2) is 20.0. The number of hydrogen-bond donors (Lipinski definition) is 4. The minimum atomic E-state index is -0.542. The van der Waals surface area contributed by atoms with Gasteiger partial charge in [0, 0.05) is 32.4 Å². The summed E-state index contributed by atoms with van der Waals surface area (Å²) in [5.41, 5.74) is 2.74. The highest BCUT2D eigenvalue weighted by atomic mass is 16.2. The van der Waals surface area contributed by atoms with Gasteiger partial charge in [-0.2, -0.15) is 0 Å². The number of benzene rings is 2. The van der Waals surface area contributed by atoms with E-state index in [1.54, 1.807) is 0 Å². The monoisotopic (exact) mass is 522 g/mol. The Morgan fingerprint density at radius 1 is 0.605 bits per heavy atom.